The minimum Gasteiger partial charge on any atom is -0.316 e. The smallest absolute Gasteiger partial charge is 0.130 e. The predicted molar refractivity (Wildman–Crippen MR) is 65.6 cm³/mol. The van der Waals surface area contributed by atoms with E-state index in [1.807, 2.05) is 18.2 Å². The molecule has 0 spiro atoms. The van der Waals surface area contributed by atoms with Gasteiger partial charge in [0.2, 0.25) is 0 Å². The summed E-state index contributed by atoms with van der Waals surface area (Å²) in [7, 11) is 0. The SMILES string of the molecule is Clc1cccc(SC[C@H]2CCCNC2)n1. The van der Waals surface area contributed by atoms with E-state index < -0.39 is 0 Å². The van der Waals surface area contributed by atoms with Gasteiger partial charge in [-0.2, -0.15) is 0 Å². The van der Waals surface area contributed by atoms with E-state index in [4.69, 9.17) is 11.6 Å². The summed E-state index contributed by atoms with van der Waals surface area (Å²) in [5.41, 5.74) is 0. The first kappa shape index (κ1) is 11.2. The molecular weight excluding hydrogens is 228 g/mol. The molecule has 0 aliphatic carbocycles. The number of pyridine rings is 1. The minimum atomic E-state index is 0.585. The van der Waals surface area contributed by atoms with Crippen LogP contribution in [0.4, 0.5) is 0 Å². The lowest BCUT2D eigenvalue weighted by Crippen LogP contribution is -2.30. The second kappa shape index (κ2) is 5.73. The van der Waals surface area contributed by atoms with Gasteiger partial charge in [0.15, 0.2) is 0 Å². The lowest BCUT2D eigenvalue weighted by Gasteiger charge is -2.21. The number of hydrogen-bond acceptors (Lipinski definition) is 3. The molecule has 1 N–H and O–H groups in total. The molecule has 82 valence electrons. The summed E-state index contributed by atoms with van der Waals surface area (Å²) < 4.78 is 0. The average molecular weight is 243 g/mol. The van der Waals surface area contributed by atoms with Crippen LogP contribution in [0.3, 0.4) is 0 Å². The molecule has 0 unspecified atom stereocenters. The van der Waals surface area contributed by atoms with E-state index in [0.29, 0.717) is 5.15 Å². The van der Waals surface area contributed by atoms with Crippen molar-refractivity contribution in [1.29, 1.82) is 0 Å². The number of nitrogens with zero attached hydrogens (tertiary/aromatic N) is 1. The van der Waals surface area contributed by atoms with Crippen molar-refractivity contribution < 1.29 is 0 Å². The van der Waals surface area contributed by atoms with E-state index in [9.17, 15) is 0 Å². The monoisotopic (exact) mass is 242 g/mol. The molecule has 1 fully saturated rings. The maximum atomic E-state index is 5.83. The van der Waals surface area contributed by atoms with Gasteiger partial charge in [-0.3, -0.25) is 0 Å². The average Bonchev–Trinajstić information content (AvgIpc) is 2.28. The molecule has 1 atom stereocenters. The minimum absolute atomic E-state index is 0.585. The van der Waals surface area contributed by atoms with Crippen LogP contribution in [0.5, 0.6) is 0 Å². The fourth-order valence-corrected chi connectivity index (χ4v) is 2.98. The Hall–Kier alpha value is -0.250. The highest BCUT2D eigenvalue weighted by atomic mass is 35.5. The van der Waals surface area contributed by atoms with Crippen molar-refractivity contribution in [2.75, 3.05) is 18.8 Å². The molecule has 2 nitrogen and oxygen atoms in total. The molecule has 0 radical (unpaired) electrons. The zero-order chi connectivity index (χ0) is 10.5. The van der Waals surface area contributed by atoms with E-state index in [-0.39, 0.29) is 0 Å². The molecule has 1 aliphatic rings. The van der Waals surface area contributed by atoms with Crippen molar-refractivity contribution in [2.45, 2.75) is 17.9 Å². The van der Waals surface area contributed by atoms with Gasteiger partial charge in [0.25, 0.3) is 0 Å². The number of halogens is 1. The fourth-order valence-electron chi connectivity index (χ4n) is 1.74. The predicted octanol–water partition coefficient (Wildman–Crippen LogP) is 2.83. The molecule has 4 heteroatoms. The molecular formula is C11H15ClN2S. The van der Waals surface area contributed by atoms with Crippen LogP contribution in [0.1, 0.15) is 12.8 Å². The molecule has 1 aromatic heterocycles. The largest absolute Gasteiger partial charge is 0.316 e. The zero-order valence-corrected chi connectivity index (χ0v) is 10.2. The van der Waals surface area contributed by atoms with Crippen molar-refractivity contribution in [3.63, 3.8) is 0 Å². The number of piperidine rings is 1. The van der Waals surface area contributed by atoms with Crippen molar-refractivity contribution in [2.24, 2.45) is 5.92 Å². The molecule has 0 saturated carbocycles. The number of nitrogens with one attached hydrogen (secondary N) is 1. The standard InChI is InChI=1S/C11H15ClN2S/c12-10-4-1-5-11(14-10)15-8-9-3-2-6-13-7-9/h1,4-5,9,13H,2-3,6-8H2/t9-/m0/s1. The van der Waals surface area contributed by atoms with Crippen molar-refractivity contribution >= 4 is 23.4 Å². The number of rotatable bonds is 3. The van der Waals surface area contributed by atoms with Crippen molar-refractivity contribution in [3.8, 4) is 0 Å². The van der Waals surface area contributed by atoms with Crippen LogP contribution >= 0.6 is 23.4 Å². The van der Waals surface area contributed by atoms with Gasteiger partial charge in [-0.15, -0.1) is 11.8 Å². The van der Waals surface area contributed by atoms with Crippen LogP contribution in [-0.4, -0.2) is 23.8 Å². The molecule has 0 amide bonds. The Labute approximate surface area is 99.8 Å². The Morgan fingerprint density at radius 2 is 2.47 bits per heavy atom. The highest BCUT2D eigenvalue weighted by Gasteiger charge is 2.13. The Bertz CT molecular complexity index is 313. The summed E-state index contributed by atoms with van der Waals surface area (Å²) in [5, 5.41) is 5.04. The summed E-state index contributed by atoms with van der Waals surface area (Å²) in [6, 6.07) is 5.79. The third-order valence-corrected chi connectivity index (χ3v) is 3.93. The molecule has 0 bridgehead atoms. The fraction of sp³-hybridized carbons (Fsp3) is 0.545. The quantitative estimate of drug-likeness (QED) is 0.652. The molecule has 0 aromatic carbocycles. The number of hydrogen-bond donors (Lipinski definition) is 1. The van der Waals surface area contributed by atoms with Gasteiger partial charge in [0, 0.05) is 5.75 Å². The van der Waals surface area contributed by atoms with Crippen LogP contribution in [-0.2, 0) is 0 Å². The van der Waals surface area contributed by atoms with Gasteiger partial charge in [-0.1, -0.05) is 17.7 Å². The van der Waals surface area contributed by atoms with E-state index in [0.717, 1.165) is 23.2 Å². The molecule has 15 heavy (non-hydrogen) atoms. The number of aromatic nitrogens is 1. The van der Waals surface area contributed by atoms with Crippen LogP contribution in [0.25, 0.3) is 0 Å². The Balaban J connectivity index is 1.81. The van der Waals surface area contributed by atoms with E-state index >= 15 is 0 Å². The first-order valence-corrected chi connectivity index (χ1v) is 6.67. The Morgan fingerprint density at radius 3 is 3.20 bits per heavy atom. The maximum Gasteiger partial charge on any atom is 0.130 e. The summed E-state index contributed by atoms with van der Waals surface area (Å²) >= 11 is 7.64. The highest BCUT2D eigenvalue weighted by molar-refractivity contribution is 7.99. The molecule has 1 saturated heterocycles. The van der Waals surface area contributed by atoms with Gasteiger partial charge >= 0.3 is 0 Å². The summed E-state index contributed by atoms with van der Waals surface area (Å²) in [6.45, 7) is 2.32. The first-order valence-electron chi connectivity index (χ1n) is 5.30. The summed E-state index contributed by atoms with van der Waals surface area (Å²) in [6.07, 6.45) is 2.63. The topological polar surface area (TPSA) is 24.9 Å². The van der Waals surface area contributed by atoms with Crippen molar-refractivity contribution in [3.05, 3.63) is 23.4 Å². The van der Waals surface area contributed by atoms with E-state index in [1.54, 1.807) is 11.8 Å². The van der Waals surface area contributed by atoms with Gasteiger partial charge in [0.05, 0.1) is 5.03 Å². The van der Waals surface area contributed by atoms with Gasteiger partial charge in [0.1, 0.15) is 5.15 Å². The summed E-state index contributed by atoms with van der Waals surface area (Å²) in [5.74, 6) is 1.92. The van der Waals surface area contributed by atoms with Crippen molar-refractivity contribution in [1.82, 2.24) is 10.3 Å². The van der Waals surface area contributed by atoms with Crippen LogP contribution < -0.4 is 5.32 Å². The Kier molecular flexibility index (Phi) is 4.29. The van der Waals surface area contributed by atoms with Crippen LogP contribution in [0.2, 0.25) is 5.15 Å². The van der Waals surface area contributed by atoms with Crippen LogP contribution in [0, 0.1) is 5.92 Å². The van der Waals surface area contributed by atoms with E-state index in [2.05, 4.69) is 10.3 Å². The highest BCUT2D eigenvalue weighted by Crippen LogP contribution is 2.23. The lowest BCUT2D eigenvalue weighted by atomic mass is 10.0. The lowest BCUT2D eigenvalue weighted by molar-refractivity contribution is 0.410. The second-order valence-corrected chi connectivity index (χ2v) is 5.25. The molecule has 2 heterocycles. The molecule has 1 aromatic rings. The van der Waals surface area contributed by atoms with Gasteiger partial charge < -0.3 is 5.32 Å². The van der Waals surface area contributed by atoms with Gasteiger partial charge in [-0.05, 0) is 44.0 Å². The summed E-state index contributed by atoms with van der Waals surface area (Å²) in [4.78, 5) is 4.27. The third-order valence-electron chi connectivity index (χ3n) is 2.56. The normalized spacial score (nSPS) is 21.5. The maximum absolute atomic E-state index is 5.83. The Morgan fingerprint density at radius 1 is 1.53 bits per heavy atom. The number of thioether (sulfide) groups is 1. The molecule has 1 aliphatic heterocycles. The third kappa shape index (κ3) is 3.67. The first-order chi connectivity index (χ1) is 7.34. The van der Waals surface area contributed by atoms with Crippen LogP contribution in [0.15, 0.2) is 23.2 Å². The zero-order valence-electron chi connectivity index (χ0n) is 8.58. The second-order valence-electron chi connectivity index (χ2n) is 3.82. The molecule has 2 rings (SSSR count). The van der Waals surface area contributed by atoms with Gasteiger partial charge in [-0.25, -0.2) is 4.98 Å². The van der Waals surface area contributed by atoms with E-state index in [1.165, 1.54) is 19.4 Å².